The second-order valence-corrected chi connectivity index (χ2v) is 9.00. The van der Waals surface area contributed by atoms with Crippen molar-refractivity contribution in [3.05, 3.63) is 63.9 Å². The molecule has 0 unspecified atom stereocenters. The van der Waals surface area contributed by atoms with Crippen molar-refractivity contribution < 1.29 is 17.6 Å². The third-order valence-electron chi connectivity index (χ3n) is 4.33. The number of carbonyl (C=O) groups excluding carboxylic acids is 1. The lowest BCUT2D eigenvalue weighted by Crippen LogP contribution is -2.50. The van der Waals surface area contributed by atoms with Crippen LogP contribution < -0.4 is 0 Å². The highest BCUT2D eigenvalue weighted by Crippen LogP contribution is 2.25. The minimum Gasteiger partial charge on any atom is -0.340 e. The lowest BCUT2D eigenvalue weighted by atomic mass is 10.1. The van der Waals surface area contributed by atoms with Crippen LogP contribution >= 0.6 is 23.2 Å². The molecule has 144 valence electrons. The second-order valence-electron chi connectivity index (χ2n) is 6.19. The number of rotatable bonds is 4. The van der Waals surface area contributed by atoms with Crippen LogP contribution in [0.4, 0.5) is 4.39 Å². The lowest BCUT2D eigenvalue weighted by Gasteiger charge is -2.34. The number of halogens is 3. The number of hydrogen-bond acceptors (Lipinski definition) is 3. The van der Waals surface area contributed by atoms with Crippen molar-refractivity contribution in [3.8, 4) is 0 Å². The first-order valence-corrected chi connectivity index (χ1v) is 10.4. The Morgan fingerprint density at radius 2 is 1.52 bits per heavy atom. The Bertz CT molecular complexity index is 923. The second kappa shape index (κ2) is 8.14. The van der Waals surface area contributed by atoms with Gasteiger partial charge in [-0.25, -0.2) is 12.8 Å². The van der Waals surface area contributed by atoms with Crippen LogP contribution in [0.5, 0.6) is 0 Å². The summed E-state index contributed by atoms with van der Waals surface area (Å²) >= 11 is 11.8. The van der Waals surface area contributed by atoms with Gasteiger partial charge in [-0.2, -0.15) is 4.31 Å². The Labute approximate surface area is 167 Å². The standard InChI is InChI=1S/C18H17Cl2FN2O3S/c19-14-10-15(20)12-17(11-14)27(25,26)23-7-5-22(6-8-23)18(24)9-13-1-3-16(21)4-2-13/h1-4,10-12H,5-9H2. The zero-order chi connectivity index (χ0) is 19.6. The van der Waals surface area contributed by atoms with E-state index < -0.39 is 10.0 Å². The van der Waals surface area contributed by atoms with Gasteiger partial charge < -0.3 is 4.90 Å². The highest BCUT2D eigenvalue weighted by atomic mass is 35.5. The normalized spacial score (nSPS) is 15.7. The third-order valence-corrected chi connectivity index (χ3v) is 6.65. The van der Waals surface area contributed by atoms with Crippen LogP contribution in [0.25, 0.3) is 0 Å². The Morgan fingerprint density at radius 3 is 2.07 bits per heavy atom. The molecule has 1 fully saturated rings. The molecular weight excluding hydrogens is 414 g/mol. The van der Waals surface area contributed by atoms with Gasteiger partial charge in [0, 0.05) is 36.2 Å². The first kappa shape index (κ1) is 20.1. The number of sulfonamides is 1. The predicted octanol–water partition coefficient (Wildman–Crippen LogP) is 3.21. The molecule has 1 aliphatic rings. The molecule has 0 N–H and O–H groups in total. The van der Waals surface area contributed by atoms with E-state index in [0.717, 1.165) is 0 Å². The molecule has 9 heteroatoms. The number of amides is 1. The molecule has 1 aliphatic heterocycles. The molecular formula is C18H17Cl2FN2O3S. The van der Waals surface area contributed by atoms with E-state index in [1.54, 1.807) is 17.0 Å². The number of carbonyl (C=O) groups is 1. The largest absolute Gasteiger partial charge is 0.340 e. The topological polar surface area (TPSA) is 57.7 Å². The summed E-state index contributed by atoms with van der Waals surface area (Å²) in [6.07, 6.45) is 0.150. The van der Waals surface area contributed by atoms with Gasteiger partial charge >= 0.3 is 0 Å². The fourth-order valence-electron chi connectivity index (χ4n) is 2.89. The van der Waals surface area contributed by atoms with E-state index in [9.17, 15) is 17.6 Å². The van der Waals surface area contributed by atoms with Gasteiger partial charge in [-0.05, 0) is 35.9 Å². The quantitative estimate of drug-likeness (QED) is 0.747. The van der Waals surface area contributed by atoms with Crippen molar-refractivity contribution in [2.75, 3.05) is 26.2 Å². The van der Waals surface area contributed by atoms with Crippen molar-refractivity contribution >= 4 is 39.1 Å². The molecule has 0 atom stereocenters. The van der Waals surface area contributed by atoms with Crippen molar-refractivity contribution in [2.45, 2.75) is 11.3 Å². The zero-order valence-corrected chi connectivity index (χ0v) is 16.6. The predicted molar refractivity (Wildman–Crippen MR) is 102 cm³/mol. The molecule has 1 amide bonds. The first-order valence-electron chi connectivity index (χ1n) is 8.24. The molecule has 2 aromatic rings. The summed E-state index contributed by atoms with van der Waals surface area (Å²) in [5, 5.41) is 0.489. The maximum atomic E-state index is 12.9. The van der Waals surface area contributed by atoms with Crippen molar-refractivity contribution in [3.63, 3.8) is 0 Å². The summed E-state index contributed by atoms with van der Waals surface area (Å²) in [5.74, 6) is -0.476. The van der Waals surface area contributed by atoms with E-state index >= 15 is 0 Å². The molecule has 3 rings (SSSR count). The molecule has 5 nitrogen and oxygen atoms in total. The lowest BCUT2D eigenvalue weighted by molar-refractivity contribution is -0.131. The summed E-state index contributed by atoms with van der Waals surface area (Å²) in [7, 11) is -3.74. The van der Waals surface area contributed by atoms with E-state index in [2.05, 4.69) is 0 Å². The van der Waals surface area contributed by atoms with Gasteiger partial charge in [-0.15, -0.1) is 0 Å². The van der Waals surface area contributed by atoms with Gasteiger partial charge in [0.2, 0.25) is 15.9 Å². The minimum atomic E-state index is -3.74. The molecule has 0 aliphatic carbocycles. The molecule has 0 aromatic heterocycles. The van der Waals surface area contributed by atoms with Crippen molar-refractivity contribution in [2.24, 2.45) is 0 Å². The number of hydrogen-bond donors (Lipinski definition) is 0. The van der Waals surface area contributed by atoms with Crippen LogP contribution in [0, 0.1) is 5.82 Å². The van der Waals surface area contributed by atoms with Gasteiger partial charge in [-0.3, -0.25) is 4.79 Å². The van der Waals surface area contributed by atoms with Gasteiger partial charge in [0.1, 0.15) is 5.82 Å². The smallest absolute Gasteiger partial charge is 0.243 e. The number of nitrogens with zero attached hydrogens (tertiary/aromatic N) is 2. The van der Waals surface area contributed by atoms with E-state index in [-0.39, 0.29) is 59.3 Å². The van der Waals surface area contributed by atoms with Gasteiger partial charge in [-0.1, -0.05) is 35.3 Å². The summed E-state index contributed by atoms with van der Waals surface area (Å²) < 4.78 is 39.8. The summed E-state index contributed by atoms with van der Waals surface area (Å²) in [5.41, 5.74) is 0.713. The van der Waals surface area contributed by atoms with E-state index in [0.29, 0.717) is 5.56 Å². The van der Waals surface area contributed by atoms with Crippen LogP contribution in [0.2, 0.25) is 10.0 Å². The molecule has 1 heterocycles. The SMILES string of the molecule is O=C(Cc1ccc(F)cc1)N1CCN(S(=O)(=O)c2cc(Cl)cc(Cl)c2)CC1. The number of piperazine rings is 1. The van der Waals surface area contributed by atoms with Crippen LogP contribution in [0.15, 0.2) is 47.4 Å². The summed E-state index contributed by atoms with van der Waals surface area (Å²) in [6.45, 7) is 0.935. The molecule has 2 aromatic carbocycles. The Hall–Kier alpha value is -1.67. The monoisotopic (exact) mass is 430 g/mol. The molecule has 0 radical (unpaired) electrons. The van der Waals surface area contributed by atoms with Gasteiger partial charge in [0.15, 0.2) is 0 Å². The minimum absolute atomic E-state index is 0.0334. The first-order chi connectivity index (χ1) is 12.8. The Kier molecular flexibility index (Phi) is 6.05. The van der Waals surface area contributed by atoms with Crippen LogP contribution in [-0.2, 0) is 21.2 Å². The molecule has 0 saturated carbocycles. The Balaban J connectivity index is 1.64. The highest BCUT2D eigenvalue weighted by molar-refractivity contribution is 7.89. The fraction of sp³-hybridized carbons (Fsp3) is 0.278. The van der Waals surface area contributed by atoms with Crippen LogP contribution in [0.1, 0.15) is 5.56 Å². The maximum absolute atomic E-state index is 12.9. The summed E-state index contributed by atoms with van der Waals surface area (Å²) in [6, 6.07) is 9.93. The zero-order valence-electron chi connectivity index (χ0n) is 14.2. The molecule has 1 saturated heterocycles. The number of benzene rings is 2. The van der Waals surface area contributed by atoms with Gasteiger partial charge in [0.25, 0.3) is 0 Å². The van der Waals surface area contributed by atoms with Crippen molar-refractivity contribution in [1.29, 1.82) is 0 Å². The van der Waals surface area contributed by atoms with Gasteiger partial charge in [0.05, 0.1) is 11.3 Å². The third kappa shape index (κ3) is 4.79. The van der Waals surface area contributed by atoms with E-state index in [1.807, 2.05) is 0 Å². The average molecular weight is 431 g/mol. The van der Waals surface area contributed by atoms with Crippen LogP contribution in [-0.4, -0.2) is 49.7 Å². The molecule has 0 bridgehead atoms. The fourth-order valence-corrected chi connectivity index (χ4v) is 5.04. The maximum Gasteiger partial charge on any atom is 0.243 e. The van der Waals surface area contributed by atoms with E-state index in [1.165, 1.54) is 34.6 Å². The summed E-state index contributed by atoms with van der Waals surface area (Å²) in [4.78, 5) is 14.0. The van der Waals surface area contributed by atoms with E-state index in [4.69, 9.17) is 23.2 Å². The van der Waals surface area contributed by atoms with Crippen LogP contribution in [0.3, 0.4) is 0 Å². The molecule has 27 heavy (non-hydrogen) atoms. The average Bonchev–Trinajstić information content (AvgIpc) is 2.63. The molecule has 0 spiro atoms. The Morgan fingerprint density at radius 1 is 0.963 bits per heavy atom. The van der Waals surface area contributed by atoms with Crippen molar-refractivity contribution in [1.82, 2.24) is 9.21 Å². The highest BCUT2D eigenvalue weighted by Gasteiger charge is 2.30.